The van der Waals surface area contributed by atoms with Crippen molar-refractivity contribution < 1.29 is 9.90 Å². The summed E-state index contributed by atoms with van der Waals surface area (Å²) >= 11 is 1.43. The van der Waals surface area contributed by atoms with Crippen LogP contribution in [0.2, 0.25) is 0 Å². The average Bonchev–Trinajstić information content (AvgIpc) is 3.18. The van der Waals surface area contributed by atoms with Gasteiger partial charge in [0.15, 0.2) is 5.69 Å². The second-order valence-corrected chi connectivity index (χ2v) is 7.23. The first-order valence-electron chi connectivity index (χ1n) is 8.05. The molecule has 1 aliphatic carbocycles. The van der Waals surface area contributed by atoms with Crippen LogP contribution in [0.1, 0.15) is 34.6 Å². The van der Waals surface area contributed by atoms with Gasteiger partial charge in [-0.05, 0) is 25.7 Å². The van der Waals surface area contributed by atoms with Gasteiger partial charge in [-0.2, -0.15) is 0 Å². The number of rotatable bonds is 3. The third-order valence-corrected chi connectivity index (χ3v) is 5.82. The van der Waals surface area contributed by atoms with Crippen LogP contribution in [0.4, 0.5) is 5.95 Å². The number of carbonyl (C=O) groups is 1. The first kappa shape index (κ1) is 13.9. The van der Waals surface area contributed by atoms with E-state index in [1.54, 1.807) is 10.7 Å². The maximum Gasteiger partial charge on any atom is 0.357 e. The van der Waals surface area contributed by atoms with Gasteiger partial charge in [-0.15, -0.1) is 11.3 Å². The number of carboxylic acids is 1. The van der Waals surface area contributed by atoms with Crippen molar-refractivity contribution in [3.05, 3.63) is 29.5 Å². The second kappa shape index (κ2) is 5.01. The molecule has 0 saturated carbocycles. The van der Waals surface area contributed by atoms with E-state index < -0.39 is 5.97 Å². The van der Waals surface area contributed by atoms with E-state index in [-0.39, 0.29) is 5.69 Å². The van der Waals surface area contributed by atoms with Crippen LogP contribution in [0.25, 0.3) is 15.4 Å². The molecular formula is C16H15N5O2S. The highest BCUT2D eigenvalue weighted by Gasteiger charge is 2.26. The molecule has 4 heterocycles. The van der Waals surface area contributed by atoms with Crippen LogP contribution < -0.4 is 4.90 Å². The summed E-state index contributed by atoms with van der Waals surface area (Å²) in [5.74, 6) is -0.188. The maximum absolute atomic E-state index is 11.3. The number of aryl methyl sites for hydroxylation is 1. The maximum atomic E-state index is 11.3. The highest BCUT2D eigenvalue weighted by atomic mass is 32.1. The van der Waals surface area contributed by atoms with Crippen molar-refractivity contribution in [2.24, 2.45) is 0 Å². The number of aromatic carboxylic acids is 1. The molecule has 24 heavy (non-hydrogen) atoms. The van der Waals surface area contributed by atoms with Crippen LogP contribution >= 0.6 is 11.3 Å². The first-order chi connectivity index (χ1) is 11.7. The standard InChI is InChI=1S/C16H15N5O2S/c22-15(23)13-14-21(8-17-13)7-11(24-14)12-9-3-1-4-10(9)18-16(19-12)20-5-2-6-20/h7-8H,1-6H2,(H,22,23). The molecule has 0 radical (unpaired) electrons. The molecule has 0 spiro atoms. The van der Waals surface area contributed by atoms with E-state index in [1.807, 2.05) is 6.20 Å². The highest BCUT2D eigenvalue weighted by molar-refractivity contribution is 7.21. The van der Waals surface area contributed by atoms with Gasteiger partial charge in [-0.3, -0.25) is 4.40 Å². The largest absolute Gasteiger partial charge is 0.476 e. The zero-order chi connectivity index (χ0) is 16.3. The molecule has 1 fully saturated rings. The number of imidazole rings is 1. The van der Waals surface area contributed by atoms with Gasteiger partial charge in [0.1, 0.15) is 11.2 Å². The van der Waals surface area contributed by atoms with E-state index >= 15 is 0 Å². The molecule has 122 valence electrons. The number of thiazole rings is 1. The lowest BCUT2D eigenvalue weighted by molar-refractivity contribution is 0.0693. The van der Waals surface area contributed by atoms with Crippen molar-refractivity contribution >= 4 is 28.1 Å². The number of hydrogen-bond acceptors (Lipinski definition) is 6. The smallest absolute Gasteiger partial charge is 0.357 e. The van der Waals surface area contributed by atoms with Gasteiger partial charge in [-0.25, -0.2) is 19.7 Å². The van der Waals surface area contributed by atoms with Crippen molar-refractivity contribution in [1.29, 1.82) is 0 Å². The molecule has 8 heteroatoms. The van der Waals surface area contributed by atoms with Crippen molar-refractivity contribution in [3.63, 3.8) is 0 Å². The fourth-order valence-electron chi connectivity index (χ4n) is 3.34. The van der Waals surface area contributed by atoms with Crippen molar-refractivity contribution in [2.45, 2.75) is 25.7 Å². The predicted octanol–water partition coefficient (Wildman–Crippen LogP) is 2.25. The van der Waals surface area contributed by atoms with Gasteiger partial charge in [-0.1, -0.05) is 0 Å². The van der Waals surface area contributed by atoms with E-state index in [2.05, 4.69) is 9.88 Å². The number of hydrogen-bond donors (Lipinski definition) is 1. The number of anilines is 1. The Labute approximate surface area is 141 Å². The monoisotopic (exact) mass is 341 g/mol. The minimum Gasteiger partial charge on any atom is -0.476 e. The number of nitrogens with zero attached hydrogens (tertiary/aromatic N) is 5. The van der Waals surface area contributed by atoms with Crippen LogP contribution in [0.3, 0.4) is 0 Å². The van der Waals surface area contributed by atoms with E-state index in [9.17, 15) is 9.90 Å². The number of aromatic nitrogens is 4. The lowest BCUT2D eigenvalue weighted by Crippen LogP contribution is -2.38. The van der Waals surface area contributed by atoms with Crippen molar-refractivity contribution in [1.82, 2.24) is 19.4 Å². The van der Waals surface area contributed by atoms with Gasteiger partial charge in [0, 0.05) is 30.5 Å². The normalized spacial score (nSPS) is 16.4. The molecule has 0 bridgehead atoms. The zero-order valence-corrected chi connectivity index (χ0v) is 13.7. The van der Waals surface area contributed by atoms with E-state index in [0.717, 1.165) is 54.6 Å². The summed E-state index contributed by atoms with van der Waals surface area (Å²) in [5, 5.41) is 9.26. The summed E-state index contributed by atoms with van der Waals surface area (Å²) in [6, 6.07) is 0. The molecule has 0 unspecified atom stereocenters. The minimum absolute atomic E-state index is 0.0971. The predicted molar refractivity (Wildman–Crippen MR) is 89.9 cm³/mol. The van der Waals surface area contributed by atoms with Crippen LogP contribution in [-0.4, -0.2) is 43.5 Å². The Bertz CT molecular complexity index is 972. The minimum atomic E-state index is -1.000. The van der Waals surface area contributed by atoms with Gasteiger partial charge in [0.2, 0.25) is 5.95 Å². The second-order valence-electron chi connectivity index (χ2n) is 6.20. The topological polar surface area (TPSA) is 83.6 Å². The van der Waals surface area contributed by atoms with Gasteiger partial charge >= 0.3 is 5.97 Å². The summed E-state index contributed by atoms with van der Waals surface area (Å²) in [7, 11) is 0. The van der Waals surface area contributed by atoms with Crippen LogP contribution in [0.15, 0.2) is 12.5 Å². The van der Waals surface area contributed by atoms with Gasteiger partial charge in [0.05, 0.1) is 10.6 Å². The fourth-order valence-corrected chi connectivity index (χ4v) is 4.42. The van der Waals surface area contributed by atoms with Crippen LogP contribution in [0, 0.1) is 0 Å². The highest BCUT2D eigenvalue weighted by Crippen LogP contribution is 2.36. The molecule has 3 aromatic rings. The molecular weight excluding hydrogens is 326 g/mol. The summed E-state index contributed by atoms with van der Waals surface area (Å²) < 4.78 is 1.77. The molecule has 2 aliphatic rings. The molecule has 1 saturated heterocycles. The molecule has 3 aromatic heterocycles. The Kier molecular flexibility index (Phi) is 2.90. The first-order valence-corrected chi connectivity index (χ1v) is 8.87. The average molecular weight is 341 g/mol. The van der Waals surface area contributed by atoms with Gasteiger partial charge < -0.3 is 10.0 Å². The Balaban J connectivity index is 1.68. The SMILES string of the molecule is O=C(O)c1ncn2cc(-c3nc(N4CCC4)nc4c3CCC4)sc12. The van der Waals surface area contributed by atoms with E-state index in [4.69, 9.17) is 9.97 Å². The quantitative estimate of drug-likeness (QED) is 0.787. The van der Waals surface area contributed by atoms with E-state index in [0.29, 0.717) is 4.83 Å². The summed E-state index contributed by atoms with van der Waals surface area (Å²) in [6.07, 6.45) is 7.76. The zero-order valence-electron chi connectivity index (χ0n) is 12.9. The molecule has 5 rings (SSSR count). The fraction of sp³-hybridized carbons (Fsp3) is 0.375. The lowest BCUT2D eigenvalue weighted by Gasteiger charge is -2.31. The molecule has 0 amide bonds. The Morgan fingerprint density at radius 1 is 1.21 bits per heavy atom. The molecule has 7 nitrogen and oxygen atoms in total. The number of fused-ring (bicyclic) bond motifs is 2. The summed E-state index contributed by atoms with van der Waals surface area (Å²) in [5.41, 5.74) is 3.43. The van der Waals surface area contributed by atoms with Crippen LogP contribution in [-0.2, 0) is 12.8 Å². The summed E-state index contributed by atoms with van der Waals surface area (Å²) in [6.45, 7) is 2.02. The Hall–Kier alpha value is -2.48. The molecule has 0 aromatic carbocycles. The lowest BCUT2D eigenvalue weighted by atomic mass is 10.1. The Morgan fingerprint density at radius 3 is 2.83 bits per heavy atom. The molecule has 1 aliphatic heterocycles. The molecule has 1 N–H and O–H groups in total. The van der Waals surface area contributed by atoms with Gasteiger partial charge in [0.25, 0.3) is 0 Å². The van der Waals surface area contributed by atoms with Crippen molar-refractivity contribution in [3.8, 4) is 10.6 Å². The Morgan fingerprint density at radius 2 is 2.08 bits per heavy atom. The third-order valence-electron chi connectivity index (χ3n) is 4.71. The molecule has 0 atom stereocenters. The number of carboxylic acid groups (broad SMARTS) is 1. The van der Waals surface area contributed by atoms with Crippen molar-refractivity contribution in [2.75, 3.05) is 18.0 Å². The van der Waals surface area contributed by atoms with Crippen LogP contribution in [0.5, 0.6) is 0 Å². The van der Waals surface area contributed by atoms with E-state index in [1.165, 1.54) is 23.3 Å². The third kappa shape index (κ3) is 1.96. The summed E-state index contributed by atoms with van der Waals surface area (Å²) in [4.78, 5) is 28.7.